The number of carbonyl (C=O) groups is 2. The van der Waals surface area contributed by atoms with Gasteiger partial charge in [-0.2, -0.15) is 0 Å². The number of nitrogens with zero attached hydrogens (tertiary/aromatic N) is 2. The van der Waals surface area contributed by atoms with Crippen molar-refractivity contribution >= 4 is 29.7 Å². The Morgan fingerprint density at radius 3 is 2.66 bits per heavy atom. The molecule has 1 unspecified atom stereocenters. The highest BCUT2D eigenvalue weighted by Gasteiger charge is 2.30. The van der Waals surface area contributed by atoms with Crippen molar-refractivity contribution < 1.29 is 14.3 Å². The van der Waals surface area contributed by atoms with Gasteiger partial charge < -0.3 is 15.8 Å². The first-order chi connectivity index (χ1) is 13.5. The fourth-order valence-corrected chi connectivity index (χ4v) is 2.88. The van der Waals surface area contributed by atoms with Crippen molar-refractivity contribution in [2.24, 2.45) is 4.99 Å². The predicted molar refractivity (Wildman–Crippen MR) is 113 cm³/mol. The summed E-state index contributed by atoms with van der Waals surface area (Å²) in [4.78, 5) is 40.7. The molecule has 9 nitrogen and oxygen atoms in total. The summed E-state index contributed by atoms with van der Waals surface area (Å²) in [5, 5.41) is 5.22. The third-order valence-corrected chi connectivity index (χ3v) is 4.24. The molecule has 1 aliphatic heterocycles. The molecule has 2 amide bonds. The Hall–Kier alpha value is -3.36. The van der Waals surface area contributed by atoms with E-state index in [-0.39, 0.29) is 24.1 Å². The summed E-state index contributed by atoms with van der Waals surface area (Å²) in [7, 11) is 0. The molecule has 0 saturated heterocycles. The van der Waals surface area contributed by atoms with Crippen molar-refractivity contribution in [2.75, 3.05) is 12.3 Å². The quantitative estimate of drug-likeness (QED) is 0.660. The maximum Gasteiger partial charge on any atom is 0.413 e. The maximum absolute atomic E-state index is 12.8. The molecular weight excluding hydrogens is 374 g/mol. The summed E-state index contributed by atoms with van der Waals surface area (Å²) < 4.78 is 6.68. The molecule has 156 valence electrons. The molecule has 0 aromatic carbocycles. The number of aliphatic imine (C=N–C) groups is 1. The molecule has 1 aromatic heterocycles. The average Bonchev–Trinajstić information content (AvgIpc) is 2.60. The Balaban J connectivity index is 2.69. The van der Waals surface area contributed by atoms with Crippen molar-refractivity contribution in [3.05, 3.63) is 45.9 Å². The molecule has 0 bridgehead atoms. The van der Waals surface area contributed by atoms with Crippen LogP contribution in [0.4, 0.5) is 10.5 Å². The normalized spacial score (nSPS) is 16.9. The van der Waals surface area contributed by atoms with Gasteiger partial charge in [0.25, 0.3) is 5.56 Å². The van der Waals surface area contributed by atoms with Crippen molar-refractivity contribution in [1.82, 2.24) is 15.2 Å². The Bertz CT molecular complexity index is 966. The molecule has 0 radical (unpaired) electrons. The van der Waals surface area contributed by atoms with Gasteiger partial charge in [-0.15, -0.1) is 0 Å². The monoisotopic (exact) mass is 401 g/mol. The van der Waals surface area contributed by atoms with Gasteiger partial charge in [0.2, 0.25) is 6.41 Å². The number of hydrogen-bond donors (Lipinski definition) is 3. The molecule has 9 heteroatoms. The predicted octanol–water partition coefficient (Wildman–Crippen LogP) is 1.58. The van der Waals surface area contributed by atoms with E-state index < -0.39 is 17.3 Å². The van der Waals surface area contributed by atoms with Gasteiger partial charge in [-0.3, -0.25) is 24.5 Å². The van der Waals surface area contributed by atoms with Crippen LogP contribution in [0.3, 0.4) is 0 Å². The summed E-state index contributed by atoms with van der Waals surface area (Å²) in [6.45, 7) is 12.9. The molecule has 0 aliphatic carbocycles. The number of hydrogen-bond acceptors (Lipinski definition) is 6. The standard InChI is InChI=1S/C20H27N5O4/c1-11-7-8-15(21)18(27)25(11)16-14(9-22-10-26)12(2)13(3)23-17(16)24-19(28)29-20(4,5)6/h7-8,10,13H,2,9,21H2,1,3-6H3,(H,22,26)(H,23,24,28). The van der Waals surface area contributed by atoms with Crippen LogP contribution in [0.25, 0.3) is 5.70 Å². The zero-order chi connectivity index (χ0) is 21.9. The van der Waals surface area contributed by atoms with Gasteiger partial charge in [0.15, 0.2) is 5.84 Å². The number of carbonyl (C=O) groups excluding carboxylic acids is 2. The van der Waals surface area contributed by atoms with Gasteiger partial charge in [0.05, 0.1) is 17.4 Å². The van der Waals surface area contributed by atoms with Crippen molar-refractivity contribution in [1.29, 1.82) is 0 Å². The second-order valence-corrected chi connectivity index (χ2v) is 7.70. The van der Waals surface area contributed by atoms with Crippen LogP contribution >= 0.6 is 0 Å². The number of rotatable bonds is 4. The van der Waals surface area contributed by atoms with Gasteiger partial charge in [-0.05, 0) is 52.3 Å². The number of nitrogen functional groups attached to an aromatic ring is 1. The number of alkyl carbamates (subject to hydrolysis) is 1. The SMILES string of the molecule is C=C1C(CNC=O)=C(n2c(C)ccc(N)c2=O)C(NC(=O)OC(C)(C)C)=NC1C. The van der Waals surface area contributed by atoms with E-state index in [1.807, 2.05) is 0 Å². The van der Waals surface area contributed by atoms with Gasteiger partial charge in [0, 0.05) is 17.8 Å². The highest BCUT2D eigenvalue weighted by Crippen LogP contribution is 2.28. The fourth-order valence-electron chi connectivity index (χ4n) is 2.88. The molecule has 0 spiro atoms. The number of aromatic nitrogens is 1. The van der Waals surface area contributed by atoms with Crippen LogP contribution < -0.4 is 21.9 Å². The topological polar surface area (TPSA) is 128 Å². The third kappa shape index (κ3) is 4.92. The van der Waals surface area contributed by atoms with Gasteiger partial charge in [-0.1, -0.05) is 6.58 Å². The van der Waals surface area contributed by atoms with E-state index in [0.29, 0.717) is 28.9 Å². The number of anilines is 1. The third-order valence-electron chi connectivity index (χ3n) is 4.24. The van der Waals surface area contributed by atoms with Crippen molar-refractivity contribution in [3.8, 4) is 0 Å². The van der Waals surface area contributed by atoms with Crippen LogP contribution in [0.15, 0.2) is 39.6 Å². The van der Waals surface area contributed by atoms with Gasteiger partial charge in [0.1, 0.15) is 5.60 Å². The number of pyridine rings is 1. The van der Waals surface area contributed by atoms with Crippen LogP contribution in [0.5, 0.6) is 0 Å². The van der Waals surface area contributed by atoms with Crippen molar-refractivity contribution in [3.63, 3.8) is 0 Å². The fraction of sp³-hybridized carbons (Fsp3) is 0.400. The molecule has 29 heavy (non-hydrogen) atoms. The largest absolute Gasteiger partial charge is 0.444 e. The Morgan fingerprint density at radius 1 is 1.41 bits per heavy atom. The molecule has 0 fully saturated rings. The number of nitrogens with one attached hydrogen (secondary N) is 2. The van der Waals surface area contributed by atoms with Crippen LogP contribution in [-0.4, -0.2) is 41.1 Å². The summed E-state index contributed by atoms with van der Waals surface area (Å²) in [6.07, 6.45) is -0.171. The number of ether oxygens (including phenoxy) is 1. The summed E-state index contributed by atoms with van der Waals surface area (Å²) >= 11 is 0. The highest BCUT2D eigenvalue weighted by molar-refractivity contribution is 6.23. The van der Waals surface area contributed by atoms with Crippen LogP contribution in [0.1, 0.15) is 33.4 Å². The first-order valence-electron chi connectivity index (χ1n) is 9.12. The summed E-state index contributed by atoms with van der Waals surface area (Å²) in [6, 6.07) is 2.81. The number of dihydropyridines is 1. The smallest absolute Gasteiger partial charge is 0.413 e. The molecule has 2 rings (SSSR count). The van der Waals surface area contributed by atoms with E-state index in [9.17, 15) is 14.4 Å². The van der Waals surface area contributed by atoms with E-state index in [1.165, 1.54) is 10.6 Å². The number of aryl methyl sites for hydroxylation is 1. The van der Waals surface area contributed by atoms with E-state index in [1.54, 1.807) is 40.7 Å². The lowest BCUT2D eigenvalue weighted by Gasteiger charge is -2.29. The molecule has 0 saturated carbocycles. The lowest BCUT2D eigenvalue weighted by Crippen LogP contribution is -2.43. The van der Waals surface area contributed by atoms with E-state index in [2.05, 4.69) is 22.2 Å². The molecule has 1 aromatic rings. The minimum atomic E-state index is -0.718. The second-order valence-electron chi connectivity index (χ2n) is 7.70. The zero-order valence-corrected chi connectivity index (χ0v) is 17.3. The van der Waals surface area contributed by atoms with Gasteiger partial charge in [-0.25, -0.2) is 4.79 Å². The minimum Gasteiger partial charge on any atom is -0.444 e. The minimum absolute atomic E-state index is 0.0339. The number of amidine groups is 1. The molecular formula is C20H27N5O4. The summed E-state index contributed by atoms with van der Waals surface area (Å²) in [5.41, 5.74) is 6.71. The molecule has 1 aliphatic rings. The first-order valence-corrected chi connectivity index (χ1v) is 9.12. The Kier molecular flexibility index (Phi) is 6.31. The van der Waals surface area contributed by atoms with Crippen LogP contribution in [-0.2, 0) is 9.53 Å². The van der Waals surface area contributed by atoms with Crippen molar-refractivity contribution in [2.45, 2.75) is 46.3 Å². The molecule has 4 N–H and O–H groups in total. The lowest BCUT2D eigenvalue weighted by atomic mass is 9.95. The first kappa shape index (κ1) is 21.9. The number of nitrogens with two attached hydrogens (primary N) is 1. The maximum atomic E-state index is 12.8. The Labute approximate surface area is 169 Å². The van der Waals surface area contributed by atoms with Crippen LogP contribution in [0.2, 0.25) is 0 Å². The van der Waals surface area contributed by atoms with E-state index in [4.69, 9.17) is 10.5 Å². The lowest BCUT2D eigenvalue weighted by molar-refractivity contribution is -0.109. The highest BCUT2D eigenvalue weighted by atomic mass is 16.6. The van der Waals surface area contributed by atoms with E-state index >= 15 is 0 Å². The van der Waals surface area contributed by atoms with Gasteiger partial charge >= 0.3 is 6.09 Å². The average molecular weight is 401 g/mol. The second kappa shape index (κ2) is 8.34. The van der Waals surface area contributed by atoms with E-state index in [0.717, 1.165) is 0 Å². The molecule has 2 heterocycles. The Morgan fingerprint density at radius 2 is 2.07 bits per heavy atom. The zero-order valence-electron chi connectivity index (χ0n) is 17.3. The summed E-state index contributed by atoms with van der Waals surface area (Å²) in [5.74, 6) is 0.137. The number of amides is 2. The van der Waals surface area contributed by atoms with Crippen LogP contribution in [0, 0.1) is 6.92 Å². The molecule has 1 atom stereocenters.